The van der Waals surface area contributed by atoms with E-state index in [9.17, 15) is 4.79 Å². The lowest BCUT2D eigenvalue weighted by Gasteiger charge is -2.30. The number of hydrogen-bond donors (Lipinski definition) is 0. The quantitative estimate of drug-likeness (QED) is 0.504. The zero-order chi connectivity index (χ0) is 14.4. The van der Waals surface area contributed by atoms with Crippen LogP contribution in [-0.4, -0.2) is 17.9 Å². The van der Waals surface area contributed by atoms with E-state index >= 15 is 0 Å². The van der Waals surface area contributed by atoms with Gasteiger partial charge < -0.3 is 9.47 Å². The van der Waals surface area contributed by atoms with Gasteiger partial charge in [0.05, 0.1) is 11.0 Å². The van der Waals surface area contributed by atoms with E-state index in [-0.39, 0.29) is 11.6 Å². The Morgan fingerprint density at radius 1 is 1.11 bits per heavy atom. The minimum Gasteiger partial charge on any atom is -0.435 e. The third-order valence-corrected chi connectivity index (χ3v) is 2.95. The smallest absolute Gasteiger partial charge is 0.313 e. The van der Waals surface area contributed by atoms with Crippen molar-refractivity contribution in [3.8, 4) is 0 Å². The van der Waals surface area contributed by atoms with Gasteiger partial charge in [-0.05, 0) is 47.5 Å². The highest BCUT2D eigenvalue weighted by Crippen LogP contribution is 2.25. The van der Waals surface area contributed by atoms with Gasteiger partial charge in [0, 0.05) is 6.42 Å². The Balaban J connectivity index is 4.54. The van der Waals surface area contributed by atoms with Gasteiger partial charge in [-0.15, -0.1) is 0 Å². The Kier molecular flexibility index (Phi) is 6.90. The van der Waals surface area contributed by atoms with Crippen LogP contribution in [0.2, 0.25) is 0 Å². The minimum absolute atomic E-state index is 0.171. The Labute approximate surface area is 112 Å². The summed E-state index contributed by atoms with van der Waals surface area (Å²) in [5.74, 6) is -0.171. The van der Waals surface area contributed by atoms with Gasteiger partial charge in [-0.25, -0.2) is 0 Å². The van der Waals surface area contributed by atoms with Gasteiger partial charge in [-0.1, -0.05) is 20.3 Å². The maximum absolute atomic E-state index is 12.1. The van der Waals surface area contributed by atoms with Gasteiger partial charge in [0.1, 0.15) is 0 Å². The van der Waals surface area contributed by atoms with E-state index in [4.69, 9.17) is 9.47 Å². The first-order valence-electron chi connectivity index (χ1n) is 7.01. The highest BCUT2D eigenvalue weighted by atomic mass is 16.7. The first-order chi connectivity index (χ1) is 8.12. The molecule has 0 rings (SSSR count). The summed E-state index contributed by atoms with van der Waals surface area (Å²) in [6.07, 6.45) is 3.17. The van der Waals surface area contributed by atoms with Crippen LogP contribution in [0.5, 0.6) is 0 Å². The van der Waals surface area contributed by atoms with Crippen LogP contribution in [0.4, 0.5) is 0 Å². The number of unbranched alkanes of at least 4 members (excludes halogenated alkanes) is 1. The third kappa shape index (κ3) is 7.00. The minimum atomic E-state index is -0.439. The molecule has 0 saturated carbocycles. The fourth-order valence-electron chi connectivity index (χ4n) is 1.33. The summed E-state index contributed by atoms with van der Waals surface area (Å²) in [7, 11) is 0. The van der Waals surface area contributed by atoms with Crippen LogP contribution in [0.15, 0.2) is 0 Å². The Morgan fingerprint density at radius 2 is 1.67 bits per heavy atom. The molecule has 108 valence electrons. The van der Waals surface area contributed by atoms with Crippen molar-refractivity contribution < 1.29 is 14.3 Å². The van der Waals surface area contributed by atoms with E-state index in [0.29, 0.717) is 0 Å². The van der Waals surface area contributed by atoms with Gasteiger partial charge in [-0.3, -0.25) is 4.79 Å². The molecule has 1 unspecified atom stereocenters. The highest BCUT2D eigenvalue weighted by Gasteiger charge is 2.31. The van der Waals surface area contributed by atoms with E-state index in [0.717, 1.165) is 25.7 Å². The van der Waals surface area contributed by atoms with Crippen molar-refractivity contribution in [2.45, 2.75) is 86.0 Å². The number of esters is 1. The number of hydrogen-bond acceptors (Lipinski definition) is 3. The summed E-state index contributed by atoms with van der Waals surface area (Å²) in [5, 5.41) is 0. The molecule has 0 aliphatic carbocycles. The van der Waals surface area contributed by atoms with E-state index in [1.165, 1.54) is 0 Å². The first-order valence-corrected chi connectivity index (χ1v) is 7.01. The standard InChI is InChI=1S/C15H30O3/c1-8-10-11-12(18-14(3,4)5)17-13(16)15(6,7)9-2/h12H,8-11H2,1-7H3. The van der Waals surface area contributed by atoms with Gasteiger partial charge in [0.15, 0.2) is 0 Å². The van der Waals surface area contributed by atoms with Crippen molar-refractivity contribution >= 4 is 5.97 Å². The average Bonchev–Trinajstić information content (AvgIpc) is 2.23. The summed E-state index contributed by atoms with van der Waals surface area (Å²) >= 11 is 0. The molecule has 0 aromatic heterocycles. The maximum Gasteiger partial charge on any atom is 0.313 e. The molecule has 18 heavy (non-hydrogen) atoms. The molecule has 0 spiro atoms. The lowest BCUT2D eigenvalue weighted by atomic mass is 9.91. The molecule has 0 bridgehead atoms. The van der Waals surface area contributed by atoms with Crippen molar-refractivity contribution in [2.24, 2.45) is 5.41 Å². The zero-order valence-electron chi connectivity index (χ0n) is 13.1. The molecule has 0 saturated heterocycles. The predicted octanol–water partition coefficient (Wildman–Crippen LogP) is 4.30. The van der Waals surface area contributed by atoms with Crippen molar-refractivity contribution in [1.29, 1.82) is 0 Å². The second-order valence-corrected chi connectivity index (χ2v) is 6.44. The number of rotatable bonds is 7. The van der Waals surface area contributed by atoms with Crippen LogP contribution in [0.25, 0.3) is 0 Å². The van der Waals surface area contributed by atoms with Crippen LogP contribution in [0.1, 0.15) is 74.1 Å². The van der Waals surface area contributed by atoms with Gasteiger partial charge in [0.25, 0.3) is 0 Å². The van der Waals surface area contributed by atoms with Crippen LogP contribution >= 0.6 is 0 Å². The van der Waals surface area contributed by atoms with Gasteiger partial charge >= 0.3 is 5.97 Å². The third-order valence-electron chi connectivity index (χ3n) is 2.95. The van der Waals surface area contributed by atoms with E-state index < -0.39 is 11.7 Å². The van der Waals surface area contributed by atoms with Crippen molar-refractivity contribution in [3.05, 3.63) is 0 Å². The molecule has 1 atom stereocenters. The van der Waals surface area contributed by atoms with Gasteiger partial charge in [-0.2, -0.15) is 0 Å². The molecule has 3 nitrogen and oxygen atoms in total. The number of ether oxygens (including phenoxy) is 2. The fraction of sp³-hybridized carbons (Fsp3) is 0.933. The Bertz CT molecular complexity index is 251. The van der Waals surface area contributed by atoms with Crippen molar-refractivity contribution in [2.75, 3.05) is 0 Å². The van der Waals surface area contributed by atoms with E-state index in [1.54, 1.807) is 0 Å². The lowest BCUT2D eigenvalue weighted by molar-refractivity contribution is -0.212. The molecular formula is C15H30O3. The molecule has 0 amide bonds. The normalized spacial score (nSPS) is 14.4. The number of carbonyl (C=O) groups is 1. The molecule has 0 heterocycles. The summed E-state index contributed by atoms with van der Waals surface area (Å²) in [4.78, 5) is 12.1. The molecule has 0 aromatic carbocycles. The maximum atomic E-state index is 12.1. The first kappa shape index (κ1) is 17.4. The predicted molar refractivity (Wildman–Crippen MR) is 74.3 cm³/mol. The SMILES string of the molecule is CCCCC(OC(=O)C(C)(C)CC)OC(C)(C)C. The molecule has 3 heteroatoms. The van der Waals surface area contributed by atoms with Gasteiger partial charge in [0.2, 0.25) is 6.29 Å². The van der Waals surface area contributed by atoms with E-state index in [1.807, 2.05) is 41.5 Å². The molecule has 0 N–H and O–H groups in total. The average molecular weight is 258 g/mol. The summed E-state index contributed by atoms with van der Waals surface area (Å²) < 4.78 is 11.3. The Hall–Kier alpha value is -0.570. The summed E-state index contributed by atoms with van der Waals surface area (Å²) in [6, 6.07) is 0. The largest absolute Gasteiger partial charge is 0.435 e. The molecule has 0 aromatic rings. The molecule has 0 radical (unpaired) electrons. The van der Waals surface area contributed by atoms with E-state index in [2.05, 4.69) is 6.92 Å². The highest BCUT2D eigenvalue weighted by molar-refractivity contribution is 5.75. The van der Waals surface area contributed by atoms with Crippen LogP contribution in [0, 0.1) is 5.41 Å². The fourth-order valence-corrected chi connectivity index (χ4v) is 1.33. The van der Waals surface area contributed by atoms with Crippen molar-refractivity contribution in [1.82, 2.24) is 0 Å². The second-order valence-electron chi connectivity index (χ2n) is 6.44. The molecule has 0 aliphatic rings. The zero-order valence-corrected chi connectivity index (χ0v) is 13.1. The summed E-state index contributed by atoms with van der Waals surface area (Å²) in [6.45, 7) is 13.9. The van der Waals surface area contributed by atoms with Crippen molar-refractivity contribution in [3.63, 3.8) is 0 Å². The molecule has 0 aliphatic heterocycles. The van der Waals surface area contributed by atoms with Crippen LogP contribution < -0.4 is 0 Å². The van der Waals surface area contributed by atoms with Crippen LogP contribution in [0.3, 0.4) is 0 Å². The monoisotopic (exact) mass is 258 g/mol. The van der Waals surface area contributed by atoms with Crippen LogP contribution in [-0.2, 0) is 14.3 Å². The number of carbonyl (C=O) groups excluding carboxylic acids is 1. The topological polar surface area (TPSA) is 35.5 Å². The lowest BCUT2D eigenvalue weighted by Crippen LogP contribution is -2.35. The molecule has 0 fully saturated rings. The summed E-state index contributed by atoms with van der Waals surface area (Å²) in [5.41, 5.74) is -0.735. The Morgan fingerprint density at radius 3 is 2.06 bits per heavy atom. The second kappa shape index (κ2) is 7.13. The molecular weight excluding hydrogens is 228 g/mol.